The van der Waals surface area contributed by atoms with E-state index in [1.807, 2.05) is 0 Å². The van der Waals surface area contributed by atoms with Crippen molar-refractivity contribution in [1.29, 1.82) is 0 Å². The first-order valence-electron chi connectivity index (χ1n) is 6.99. The Morgan fingerprint density at radius 2 is 1.74 bits per heavy atom. The molecule has 1 unspecified atom stereocenters. The van der Waals surface area contributed by atoms with E-state index < -0.39 is 11.9 Å². The van der Waals surface area contributed by atoms with Gasteiger partial charge in [-0.25, -0.2) is 0 Å². The molecule has 1 atom stereocenters. The first kappa shape index (κ1) is 20.2. The number of carboxylic acid groups (broad SMARTS) is 1. The standard InChI is InChI=1S/C12H22O4.C2H6O/c1-3-5-6-10(4-2)9-16-12(15)8-7-11(13)14;1-2-3/h10H,3-9H2,1-2H3,(H,13,14);3H,2H2,1H3. The quantitative estimate of drug-likeness (QED) is 0.632. The average Bonchev–Trinajstić information content (AvgIpc) is 2.37. The second-order valence-electron chi connectivity index (χ2n) is 4.31. The molecule has 0 aliphatic carbocycles. The Bertz CT molecular complexity index is 228. The summed E-state index contributed by atoms with van der Waals surface area (Å²) in [5.74, 6) is -0.957. The molecule has 0 fully saturated rings. The van der Waals surface area contributed by atoms with Gasteiger partial charge in [-0.2, -0.15) is 0 Å². The molecule has 0 amide bonds. The second kappa shape index (κ2) is 15.0. The number of carbonyl (C=O) groups is 2. The minimum absolute atomic E-state index is 0.0282. The molecule has 19 heavy (non-hydrogen) atoms. The predicted octanol–water partition coefficient (Wildman–Crippen LogP) is 2.61. The molecule has 0 saturated heterocycles. The van der Waals surface area contributed by atoms with Crippen LogP contribution in [0.1, 0.15) is 59.3 Å². The van der Waals surface area contributed by atoms with Crippen LogP contribution in [0.3, 0.4) is 0 Å². The molecule has 0 radical (unpaired) electrons. The van der Waals surface area contributed by atoms with Crippen molar-refractivity contribution in [3.05, 3.63) is 0 Å². The highest BCUT2D eigenvalue weighted by Crippen LogP contribution is 2.13. The first-order chi connectivity index (χ1) is 9.01. The SMILES string of the molecule is CCCCC(CC)COC(=O)CCC(=O)O.CCO. The number of rotatable bonds is 9. The Balaban J connectivity index is 0. The molecule has 0 saturated carbocycles. The number of hydrogen-bond acceptors (Lipinski definition) is 4. The van der Waals surface area contributed by atoms with Crippen molar-refractivity contribution >= 4 is 11.9 Å². The number of aliphatic hydroxyl groups is 1. The van der Waals surface area contributed by atoms with Crippen LogP contribution in [0.4, 0.5) is 0 Å². The highest BCUT2D eigenvalue weighted by atomic mass is 16.5. The van der Waals surface area contributed by atoms with E-state index in [1.165, 1.54) is 0 Å². The fourth-order valence-corrected chi connectivity index (χ4v) is 1.39. The van der Waals surface area contributed by atoms with Gasteiger partial charge >= 0.3 is 11.9 Å². The molecule has 0 heterocycles. The molecule has 0 aromatic heterocycles. The van der Waals surface area contributed by atoms with Crippen LogP contribution in [-0.4, -0.2) is 35.4 Å². The number of carboxylic acids is 1. The van der Waals surface area contributed by atoms with Crippen molar-refractivity contribution < 1.29 is 24.5 Å². The summed E-state index contributed by atoms with van der Waals surface area (Å²) in [6.45, 7) is 6.56. The smallest absolute Gasteiger partial charge is 0.306 e. The highest BCUT2D eigenvalue weighted by molar-refractivity contribution is 5.76. The summed E-state index contributed by atoms with van der Waals surface area (Å²) in [6, 6.07) is 0. The fraction of sp³-hybridized carbons (Fsp3) is 0.857. The lowest BCUT2D eigenvalue weighted by Crippen LogP contribution is -2.14. The maximum Gasteiger partial charge on any atom is 0.306 e. The molecule has 0 aromatic rings. The summed E-state index contributed by atoms with van der Waals surface area (Å²) in [6.07, 6.45) is 4.17. The zero-order valence-corrected chi connectivity index (χ0v) is 12.4. The van der Waals surface area contributed by atoms with Crippen LogP contribution in [0.15, 0.2) is 0 Å². The van der Waals surface area contributed by atoms with Crippen LogP contribution in [0.25, 0.3) is 0 Å². The Kier molecular flexibility index (Phi) is 15.9. The first-order valence-corrected chi connectivity index (χ1v) is 6.99. The van der Waals surface area contributed by atoms with Crippen molar-refractivity contribution in [3.8, 4) is 0 Å². The van der Waals surface area contributed by atoms with Gasteiger partial charge in [-0.3, -0.25) is 9.59 Å². The van der Waals surface area contributed by atoms with Gasteiger partial charge in [-0.1, -0.05) is 33.1 Å². The summed E-state index contributed by atoms with van der Waals surface area (Å²) in [7, 11) is 0. The van der Waals surface area contributed by atoms with E-state index in [0.29, 0.717) is 12.5 Å². The molecule has 0 aliphatic rings. The minimum atomic E-state index is -0.963. The topological polar surface area (TPSA) is 83.8 Å². The van der Waals surface area contributed by atoms with E-state index in [1.54, 1.807) is 6.92 Å². The predicted molar refractivity (Wildman–Crippen MR) is 73.9 cm³/mol. The summed E-state index contributed by atoms with van der Waals surface area (Å²) in [5.41, 5.74) is 0. The number of aliphatic hydroxyl groups excluding tert-OH is 1. The summed E-state index contributed by atoms with van der Waals surface area (Å²) < 4.78 is 5.04. The van der Waals surface area contributed by atoms with E-state index in [2.05, 4.69) is 13.8 Å². The number of carbonyl (C=O) groups excluding carboxylic acids is 1. The second-order valence-corrected chi connectivity index (χ2v) is 4.31. The molecular weight excluding hydrogens is 248 g/mol. The molecule has 114 valence electrons. The Morgan fingerprint density at radius 3 is 2.16 bits per heavy atom. The maximum absolute atomic E-state index is 11.2. The summed E-state index contributed by atoms with van der Waals surface area (Å²) >= 11 is 0. The van der Waals surface area contributed by atoms with Crippen LogP contribution < -0.4 is 0 Å². The monoisotopic (exact) mass is 276 g/mol. The zero-order chi connectivity index (χ0) is 15.1. The third-order valence-electron chi connectivity index (χ3n) is 2.57. The molecule has 0 spiro atoms. The molecule has 2 N–H and O–H groups in total. The molecule has 5 nitrogen and oxygen atoms in total. The molecule has 0 aromatic carbocycles. The van der Waals surface area contributed by atoms with E-state index in [-0.39, 0.29) is 19.4 Å². The lowest BCUT2D eigenvalue weighted by molar-refractivity contribution is -0.148. The summed E-state index contributed by atoms with van der Waals surface area (Å²) in [4.78, 5) is 21.4. The van der Waals surface area contributed by atoms with E-state index in [0.717, 1.165) is 25.7 Å². The van der Waals surface area contributed by atoms with Crippen molar-refractivity contribution in [2.75, 3.05) is 13.2 Å². The molecule has 0 aliphatic heterocycles. The van der Waals surface area contributed by atoms with Gasteiger partial charge in [0.25, 0.3) is 0 Å². The summed E-state index contributed by atoms with van der Waals surface area (Å²) in [5, 5.41) is 16.0. The van der Waals surface area contributed by atoms with Crippen LogP contribution >= 0.6 is 0 Å². The van der Waals surface area contributed by atoms with Crippen molar-refractivity contribution in [2.24, 2.45) is 5.92 Å². The van der Waals surface area contributed by atoms with Gasteiger partial charge in [0.05, 0.1) is 19.4 Å². The molecule has 0 bridgehead atoms. The third-order valence-corrected chi connectivity index (χ3v) is 2.57. The fourth-order valence-electron chi connectivity index (χ4n) is 1.39. The largest absolute Gasteiger partial charge is 0.481 e. The number of esters is 1. The van der Waals surface area contributed by atoms with Crippen LogP contribution in [0.5, 0.6) is 0 Å². The van der Waals surface area contributed by atoms with Crippen LogP contribution in [-0.2, 0) is 14.3 Å². The van der Waals surface area contributed by atoms with Crippen molar-refractivity contribution in [1.82, 2.24) is 0 Å². The number of aliphatic carboxylic acids is 1. The van der Waals surface area contributed by atoms with Gasteiger partial charge in [0.2, 0.25) is 0 Å². The zero-order valence-electron chi connectivity index (χ0n) is 12.4. The molecule has 0 rings (SSSR count). The minimum Gasteiger partial charge on any atom is -0.481 e. The van der Waals surface area contributed by atoms with Gasteiger partial charge in [-0.15, -0.1) is 0 Å². The van der Waals surface area contributed by atoms with Crippen LogP contribution in [0, 0.1) is 5.92 Å². The lowest BCUT2D eigenvalue weighted by Gasteiger charge is -2.14. The lowest BCUT2D eigenvalue weighted by atomic mass is 10.0. The number of unbranched alkanes of at least 4 members (excludes halogenated alkanes) is 1. The van der Waals surface area contributed by atoms with Gasteiger partial charge in [0.1, 0.15) is 0 Å². The van der Waals surface area contributed by atoms with Gasteiger partial charge in [0, 0.05) is 6.61 Å². The Morgan fingerprint density at radius 1 is 1.16 bits per heavy atom. The highest BCUT2D eigenvalue weighted by Gasteiger charge is 2.11. The average molecular weight is 276 g/mol. The Hall–Kier alpha value is -1.10. The maximum atomic E-state index is 11.2. The van der Waals surface area contributed by atoms with E-state index >= 15 is 0 Å². The third kappa shape index (κ3) is 16.9. The van der Waals surface area contributed by atoms with Gasteiger partial charge in [-0.05, 0) is 19.3 Å². The molecule has 5 heteroatoms. The van der Waals surface area contributed by atoms with Crippen molar-refractivity contribution in [3.63, 3.8) is 0 Å². The van der Waals surface area contributed by atoms with Crippen LogP contribution in [0.2, 0.25) is 0 Å². The van der Waals surface area contributed by atoms with Gasteiger partial charge < -0.3 is 14.9 Å². The Labute approximate surface area is 116 Å². The van der Waals surface area contributed by atoms with E-state index in [4.69, 9.17) is 14.9 Å². The van der Waals surface area contributed by atoms with Crippen molar-refractivity contribution in [2.45, 2.75) is 59.3 Å². The number of ether oxygens (including phenoxy) is 1. The normalized spacial score (nSPS) is 11.2. The van der Waals surface area contributed by atoms with E-state index in [9.17, 15) is 9.59 Å². The molecular formula is C14H28O5. The number of hydrogen-bond donors (Lipinski definition) is 2. The van der Waals surface area contributed by atoms with Gasteiger partial charge in [0.15, 0.2) is 0 Å².